The van der Waals surface area contributed by atoms with Crippen molar-refractivity contribution in [3.05, 3.63) is 40.8 Å². The van der Waals surface area contributed by atoms with E-state index in [1.807, 2.05) is 11.8 Å². The van der Waals surface area contributed by atoms with Crippen LogP contribution in [0.25, 0.3) is 11.0 Å². The molecule has 2 unspecified atom stereocenters. The number of aromatic nitrogens is 4. The molecule has 4 rings (SSSR count). The van der Waals surface area contributed by atoms with Crippen molar-refractivity contribution in [2.75, 3.05) is 17.2 Å². The van der Waals surface area contributed by atoms with E-state index in [0.29, 0.717) is 22.2 Å². The molecule has 1 saturated heterocycles. The number of halogens is 2. The lowest BCUT2D eigenvalue weighted by Crippen LogP contribution is -2.55. The molecule has 30 heavy (non-hydrogen) atoms. The number of rotatable bonds is 5. The zero-order chi connectivity index (χ0) is 21.3. The van der Waals surface area contributed by atoms with Gasteiger partial charge in [-0.05, 0) is 44.9 Å². The third kappa shape index (κ3) is 4.29. The van der Waals surface area contributed by atoms with E-state index in [2.05, 4.69) is 37.7 Å². The summed E-state index contributed by atoms with van der Waals surface area (Å²) in [5.74, 6) is 0.751. The molecule has 1 aliphatic rings. The van der Waals surface area contributed by atoms with Crippen LogP contribution in [0.15, 0.2) is 30.7 Å². The Balaban J connectivity index is 1.46. The summed E-state index contributed by atoms with van der Waals surface area (Å²) in [6.07, 6.45) is 5.06. The van der Waals surface area contributed by atoms with Crippen LogP contribution in [0.2, 0.25) is 10.0 Å². The molecule has 0 aliphatic carbocycles. The zero-order valence-corrected chi connectivity index (χ0v) is 18.2. The highest BCUT2D eigenvalue weighted by atomic mass is 35.5. The van der Waals surface area contributed by atoms with Crippen LogP contribution in [0.1, 0.15) is 26.7 Å². The highest BCUT2D eigenvalue weighted by molar-refractivity contribution is 6.35. The number of amides is 1. The maximum atomic E-state index is 13.2. The number of nitrogens with zero attached hydrogens (tertiary/aromatic N) is 4. The summed E-state index contributed by atoms with van der Waals surface area (Å²) in [4.78, 5) is 23.6. The van der Waals surface area contributed by atoms with Crippen LogP contribution in [-0.2, 0) is 4.79 Å². The van der Waals surface area contributed by atoms with Gasteiger partial charge in [-0.15, -0.1) is 0 Å². The van der Waals surface area contributed by atoms with Crippen LogP contribution in [0, 0.1) is 0 Å². The lowest BCUT2D eigenvalue weighted by molar-refractivity contribution is -0.135. The van der Waals surface area contributed by atoms with Crippen LogP contribution in [0.4, 0.5) is 11.5 Å². The minimum Gasteiger partial charge on any atom is -0.374 e. The minimum atomic E-state index is -0.416. The van der Waals surface area contributed by atoms with E-state index in [0.717, 1.165) is 29.7 Å². The highest BCUT2D eigenvalue weighted by Gasteiger charge is 2.33. The van der Waals surface area contributed by atoms with Gasteiger partial charge in [0, 0.05) is 34.4 Å². The number of carbonyl (C=O) groups excluding carboxylic acids is 1. The summed E-state index contributed by atoms with van der Waals surface area (Å²) in [5.41, 5.74) is 1.40. The molecule has 0 spiro atoms. The first-order chi connectivity index (χ1) is 14.4. The van der Waals surface area contributed by atoms with Crippen molar-refractivity contribution in [3.63, 3.8) is 0 Å². The number of anilines is 2. The molecular weight excluding hydrogens is 425 g/mol. The van der Waals surface area contributed by atoms with Crippen molar-refractivity contribution in [3.8, 4) is 0 Å². The van der Waals surface area contributed by atoms with Crippen LogP contribution >= 0.6 is 23.2 Å². The van der Waals surface area contributed by atoms with Gasteiger partial charge in [-0.1, -0.05) is 23.2 Å². The molecule has 2 aromatic heterocycles. The molecule has 3 atom stereocenters. The van der Waals surface area contributed by atoms with Gasteiger partial charge in [0.2, 0.25) is 5.91 Å². The van der Waals surface area contributed by atoms with Gasteiger partial charge in [0.1, 0.15) is 18.2 Å². The Morgan fingerprint density at radius 3 is 2.80 bits per heavy atom. The van der Waals surface area contributed by atoms with E-state index in [9.17, 15) is 4.79 Å². The number of hydrogen-bond acceptors (Lipinski definition) is 6. The Hall–Kier alpha value is -2.58. The number of aromatic amines is 1. The van der Waals surface area contributed by atoms with Crippen molar-refractivity contribution in [2.45, 2.75) is 44.8 Å². The number of piperidine rings is 1. The zero-order valence-electron chi connectivity index (χ0n) is 16.7. The number of fused-ring (bicyclic) bond motifs is 1. The van der Waals surface area contributed by atoms with Gasteiger partial charge in [-0.2, -0.15) is 5.10 Å². The van der Waals surface area contributed by atoms with Gasteiger partial charge in [0.25, 0.3) is 0 Å². The second-order valence-corrected chi connectivity index (χ2v) is 8.42. The van der Waals surface area contributed by atoms with Gasteiger partial charge < -0.3 is 15.5 Å². The maximum absolute atomic E-state index is 13.2. The van der Waals surface area contributed by atoms with Crippen molar-refractivity contribution < 1.29 is 4.79 Å². The summed E-state index contributed by atoms with van der Waals surface area (Å²) < 4.78 is 0. The quantitative estimate of drug-likeness (QED) is 0.547. The lowest BCUT2D eigenvalue weighted by Gasteiger charge is -2.41. The fourth-order valence-electron chi connectivity index (χ4n) is 3.90. The van der Waals surface area contributed by atoms with Gasteiger partial charge in [0.15, 0.2) is 5.65 Å². The topological polar surface area (TPSA) is 98.8 Å². The molecule has 3 heterocycles. The molecule has 1 aliphatic heterocycles. The van der Waals surface area contributed by atoms with Crippen molar-refractivity contribution in [1.29, 1.82) is 0 Å². The van der Waals surface area contributed by atoms with E-state index < -0.39 is 6.04 Å². The average molecular weight is 448 g/mol. The first-order valence-corrected chi connectivity index (χ1v) is 10.6. The Bertz CT molecular complexity index is 1040. The molecule has 0 bridgehead atoms. The van der Waals surface area contributed by atoms with Crippen molar-refractivity contribution in [1.82, 2.24) is 25.1 Å². The summed E-state index contributed by atoms with van der Waals surface area (Å²) in [7, 11) is 0. The van der Waals surface area contributed by atoms with Gasteiger partial charge >= 0.3 is 0 Å². The number of nitrogens with one attached hydrogen (secondary N) is 3. The average Bonchev–Trinajstić information content (AvgIpc) is 3.18. The third-order valence-electron chi connectivity index (χ3n) is 5.46. The highest BCUT2D eigenvalue weighted by Crippen LogP contribution is 2.26. The molecule has 8 nitrogen and oxygen atoms in total. The maximum Gasteiger partial charge on any atom is 0.245 e. The lowest BCUT2D eigenvalue weighted by atomic mass is 9.96. The Kier molecular flexibility index (Phi) is 5.97. The van der Waals surface area contributed by atoms with Crippen LogP contribution < -0.4 is 10.6 Å². The Morgan fingerprint density at radius 1 is 1.27 bits per heavy atom. The monoisotopic (exact) mass is 447 g/mol. The molecule has 1 aromatic carbocycles. The summed E-state index contributed by atoms with van der Waals surface area (Å²) in [6.45, 7) is 4.62. The van der Waals surface area contributed by atoms with Crippen LogP contribution in [0.5, 0.6) is 0 Å². The second-order valence-electron chi connectivity index (χ2n) is 7.54. The van der Waals surface area contributed by atoms with Crippen LogP contribution in [-0.4, -0.2) is 55.6 Å². The van der Waals surface area contributed by atoms with Crippen molar-refractivity contribution >= 4 is 51.6 Å². The Morgan fingerprint density at radius 2 is 2.03 bits per heavy atom. The first kappa shape index (κ1) is 20.7. The molecule has 0 radical (unpaired) electrons. The number of carbonyl (C=O) groups is 1. The third-order valence-corrected chi connectivity index (χ3v) is 5.89. The van der Waals surface area contributed by atoms with E-state index in [4.69, 9.17) is 23.2 Å². The van der Waals surface area contributed by atoms with Gasteiger partial charge in [-0.25, -0.2) is 9.97 Å². The summed E-state index contributed by atoms with van der Waals surface area (Å²) in [6, 6.07) is 4.83. The second kappa shape index (κ2) is 8.65. The molecule has 1 amide bonds. The molecule has 1 fully saturated rings. The predicted octanol–water partition coefficient (Wildman–Crippen LogP) is 3.95. The van der Waals surface area contributed by atoms with E-state index in [1.165, 1.54) is 6.33 Å². The van der Waals surface area contributed by atoms with Gasteiger partial charge in [0.05, 0.1) is 11.6 Å². The van der Waals surface area contributed by atoms with E-state index >= 15 is 0 Å². The number of hydrogen-bond donors (Lipinski definition) is 3. The molecule has 0 saturated carbocycles. The summed E-state index contributed by atoms with van der Waals surface area (Å²) >= 11 is 12.1. The van der Waals surface area contributed by atoms with Crippen molar-refractivity contribution in [2.24, 2.45) is 0 Å². The number of benzene rings is 1. The van der Waals surface area contributed by atoms with Gasteiger partial charge in [-0.3, -0.25) is 9.89 Å². The Labute approximate surface area is 184 Å². The molecule has 3 aromatic rings. The summed E-state index contributed by atoms with van der Waals surface area (Å²) in [5, 5.41) is 15.5. The number of H-pyrrole nitrogens is 1. The molecule has 158 valence electrons. The fraction of sp³-hybridized carbons (Fsp3) is 0.400. The van der Waals surface area contributed by atoms with Crippen LogP contribution in [0.3, 0.4) is 0 Å². The molecule has 10 heteroatoms. The minimum absolute atomic E-state index is 0.00429. The molecular formula is C20H23Cl2N7O. The smallest absolute Gasteiger partial charge is 0.245 e. The first-order valence-electron chi connectivity index (χ1n) is 9.86. The SMILES string of the molecule is CC1C(Nc2ncnc3[nH]ncc23)CCCN1C(=O)[C@@H](C)Nc1cc(Cl)cc(Cl)c1. The standard InChI is InChI=1S/C20H23Cl2N7O/c1-11(26-15-7-13(21)6-14(22)8-15)20(30)29-5-3-4-17(12(29)2)27-18-16-9-25-28-19(16)24-10-23-18/h6-12,17,26H,3-5H2,1-2H3,(H2,23,24,25,27,28)/t11-,12?,17?/m1/s1. The normalized spacial score (nSPS) is 20.2. The largest absolute Gasteiger partial charge is 0.374 e. The number of likely N-dealkylation sites (tertiary alicyclic amines) is 1. The fourth-order valence-corrected chi connectivity index (χ4v) is 4.43. The van der Waals surface area contributed by atoms with E-state index in [1.54, 1.807) is 24.4 Å². The predicted molar refractivity (Wildman–Crippen MR) is 119 cm³/mol. The van der Waals surface area contributed by atoms with E-state index in [-0.39, 0.29) is 18.0 Å². The molecule has 3 N–H and O–H groups in total.